The van der Waals surface area contributed by atoms with Crippen molar-refractivity contribution >= 4 is 11.5 Å². The maximum Gasteiger partial charge on any atom is 0.293 e. The molecule has 0 spiro atoms. The quantitative estimate of drug-likeness (QED) is 0.670. The molecule has 1 aliphatic carbocycles. The van der Waals surface area contributed by atoms with E-state index in [1.54, 1.807) is 10.8 Å². The smallest absolute Gasteiger partial charge is 0.293 e. The molecule has 0 radical (unpaired) electrons. The summed E-state index contributed by atoms with van der Waals surface area (Å²) in [7, 11) is 0. The molecule has 2 heterocycles. The molecule has 156 valence electrons. The Hall–Kier alpha value is -2.54. The second kappa shape index (κ2) is 8.86. The standard InChI is InChI=1S/C22H31N5O2/c23-19-9-8-17(29-14-15-5-2-1-3-6-15)11-18(19)20-13-27(22(28)21(24)26-20)16-7-4-10-25-12-16/h8-9,11,13,15-16,25H,1-7,10,12,14,23H2,(H2,24,26). The van der Waals surface area contributed by atoms with Crippen molar-refractivity contribution in [1.29, 1.82) is 0 Å². The van der Waals surface area contributed by atoms with Crippen LogP contribution >= 0.6 is 0 Å². The first-order valence-electron chi connectivity index (χ1n) is 10.7. The van der Waals surface area contributed by atoms with E-state index in [9.17, 15) is 4.79 Å². The summed E-state index contributed by atoms with van der Waals surface area (Å²) in [5.41, 5.74) is 13.9. The van der Waals surface area contributed by atoms with E-state index >= 15 is 0 Å². The SMILES string of the molecule is Nc1ccc(OCC2CCCCC2)cc1-c1cn(C2CCCNC2)c(=O)c(N)n1. The number of anilines is 2. The maximum atomic E-state index is 12.6. The number of ether oxygens (including phenoxy) is 1. The maximum absolute atomic E-state index is 12.6. The Morgan fingerprint density at radius 3 is 2.72 bits per heavy atom. The fourth-order valence-corrected chi connectivity index (χ4v) is 4.42. The van der Waals surface area contributed by atoms with Gasteiger partial charge in [-0.1, -0.05) is 19.3 Å². The molecular weight excluding hydrogens is 366 g/mol. The first-order chi connectivity index (χ1) is 14.1. The summed E-state index contributed by atoms with van der Waals surface area (Å²) in [5, 5.41) is 3.34. The van der Waals surface area contributed by atoms with Crippen LogP contribution < -0.4 is 27.1 Å². The van der Waals surface area contributed by atoms with E-state index < -0.39 is 0 Å². The third kappa shape index (κ3) is 4.56. The Bertz CT molecular complexity index is 899. The minimum Gasteiger partial charge on any atom is -0.493 e. The number of aromatic nitrogens is 2. The highest BCUT2D eigenvalue weighted by Gasteiger charge is 2.20. The van der Waals surface area contributed by atoms with Crippen molar-refractivity contribution < 1.29 is 4.74 Å². The fraction of sp³-hybridized carbons (Fsp3) is 0.545. The monoisotopic (exact) mass is 397 g/mol. The second-order valence-corrected chi connectivity index (χ2v) is 8.29. The molecule has 1 atom stereocenters. The normalized spacial score (nSPS) is 20.5. The zero-order chi connectivity index (χ0) is 20.2. The molecule has 7 nitrogen and oxygen atoms in total. The highest BCUT2D eigenvalue weighted by molar-refractivity contribution is 5.75. The van der Waals surface area contributed by atoms with Gasteiger partial charge in [-0.3, -0.25) is 4.79 Å². The first-order valence-corrected chi connectivity index (χ1v) is 10.7. The molecule has 1 saturated carbocycles. The first kappa shape index (κ1) is 19.8. The lowest BCUT2D eigenvalue weighted by atomic mass is 9.90. The zero-order valence-electron chi connectivity index (χ0n) is 16.9. The van der Waals surface area contributed by atoms with Gasteiger partial charge in [-0.15, -0.1) is 0 Å². The van der Waals surface area contributed by atoms with Gasteiger partial charge in [0, 0.05) is 30.0 Å². The average Bonchev–Trinajstić information content (AvgIpc) is 2.76. The van der Waals surface area contributed by atoms with Crippen LogP contribution in [0.4, 0.5) is 11.5 Å². The molecule has 0 bridgehead atoms. The summed E-state index contributed by atoms with van der Waals surface area (Å²) in [4.78, 5) is 16.9. The number of rotatable bonds is 5. The Morgan fingerprint density at radius 2 is 1.97 bits per heavy atom. The minimum absolute atomic E-state index is 0.000926. The number of benzene rings is 1. The van der Waals surface area contributed by atoms with Crippen molar-refractivity contribution in [2.45, 2.75) is 51.0 Å². The number of nitrogens with two attached hydrogens (primary N) is 2. The summed E-state index contributed by atoms with van der Waals surface area (Å²) in [5.74, 6) is 1.40. The molecule has 1 aromatic heterocycles. The molecule has 1 aliphatic heterocycles. The molecule has 2 fully saturated rings. The predicted molar refractivity (Wildman–Crippen MR) is 116 cm³/mol. The number of nitrogens with one attached hydrogen (secondary N) is 1. The van der Waals surface area contributed by atoms with Crippen LogP contribution in [0.15, 0.2) is 29.2 Å². The van der Waals surface area contributed by atoms with Crippen molar-refractivity contribution in [3.05, 3.63) is 34.7 Å². The molecule has 7 heteroatoms. The molecule has 5 N–H and O–H groups in total. The molecular formula is C22H31N5O2. The molecule has 2 aromatic rings. The van der Waals surface area contributed by atoms with Gasteiger partial charge in [0.25, 0.3) is 5.56 Å². The Kier molecular flexibility index (Phi) is 6.04. The largest absolute Gasteiger partial charge is 0.493 e. The van der Waals surface area contributed by atoms with Crippen LogP contribution in [0.5, 0.6) is 5.75 Å². The summed E-state index contributed by atoms with van der Waals surface area (Å²) in [6.45, 7) is 2.46. The lowest BCUT2D eigenvalue weighted by Gasteiger charge is -2.25. The van der Waals surface area contributed by atoms with E-state index in [-0.39, 0.29) is 17.4 Å². The topological polar surface area (TPSA) is 108 Å². The second-order valence-electron chi connectivity index (χ2n) is 8.29. The highest BCUT2D eigenvalue weighted by atomic mass is 16.5. The zero-order valence-corrected chi connectivity index (χ0v) is 16.9. The van der Waals surface area contributed by atoms with Gasteiger partial charge in [-0.05, 0) is 56.3 Å². The van der Waals surface area contributed by atoms with Gasteiger partial charge >= 0.3 is 0 Å². The van der Waals surface area contributed by atoms with Gasteiger partial charge < -0.3 is 26.1 Å². The van der Waals surface area contributed by atoms with E-state index in [2.05, 4.69) is 10.3 Å². The van der Waals surface area contributed by atoms with Crippen LogP contribution in [0, 0.1) is 5.92 Å². The summed E-state index contributed by atoms with van der Waals surface area (Å²) >= 11 is 0. The Balaban J connectivity index is 1.59. The van der Waals surface area contributed by atoms with Crippen molar-refractivity contribution in [3.63, 3.8) is 0 Å². The molecule has 4 rings (SSSR count). The summed E-state index contributed by atoms with van der Waals surface area (Å²) in [6, 6.07) is 5.72. The van der Waals surface area contributed by atoms with Gasteiger partial charge in [0.05, 0.1) is 12.3 Å². The van der Waals surface area contributed by atoms with Crippen molar-refractivity contribution in [1.82, 2.24) is 14.9 Å². The van der Waals surface area contributed by atoms with E-state index in [1.807, 2.05) is 18.2 Å². The van der Waals surface area contributed by atoms with E-state index in [0.29, 0.717) is 17.3 Å². The van der Waals surface area contributed by atoms with Gasteiger partial charge in [0.15, 0.2) is 5.82 Å². The van der Waals surface area contributed by atoms with Crippen LogP contribution in [0.1, 0.15) is 51.0 Å². The van der Waals surface area contributed by atoms with Gasteiger partial charge in [0.1, 0.15) is 5.75 Å². The van der Waals surface area contributed by atoms with E-state index in [0.717, 1.165) is 43.9 Å². The van der Waals surface area contributed by atoms with Crippen LogP contribution in [0.2, 0.25) is 0 Å². The van der Waals surface area contributed by atoms with Crippen LogP contribution in [-0.4, -0.2) is 29.2 Å². The summed E-state index contributed by atoms with van der Waals surface area (Å²) < 4.78 is 7.78. The minimum atomic E-state index is -0.245. The number of nitrogen functional groups attached to an aromatic ring is 2. The lowest BCUT2D eigenvalue weighted by Crippen LogP contribution is -2.37. The average molecular weight is 398 g/mol. The predicted octanol–water partition coefficient (Wildman–Crippen LogP) is 2.96. The molecule has 2 aliphatic rings. The number of nitrogens with zero attached hydrogens (tertiary/aromatic N) is 2. The van der Waals surface area contributed by atoms with Gasteiger partial charge in [-0.25, -0.2) is 4.98 Å². The molecule has 1 unspecified atom stereocenters. The number of piperidine rings is 1. The van der Waals surface area contributed by atoms with Crippen molar-refractivity contribution in [2.24, 2.45) is 5.92 Å². The van der Waals surface area contributed by atoms with Crippen LogP contribution in [-0.2, 0) is 0 Å². The Labute approximate surface area is 171 Å². The van der Waals surface area contributed by atoms with Crippen LogP contribution in [0.3, 0.4) is 0 Å². The molecule has 1 saturated heterocycles. The van der Waals surface area contributed by atoms with Crippen molar-refractivity contribution in [2.75, 3.05) is 31.2 Å². The van der Waals surface area contributed by atoms with E-state index in [1.165, 1.54) is 32.1 Å². The van der Waals surface area contributed by atoms with Gasteiger partial charge in [-0.2, -0.15) is 0 Å². The molecule has 0 amide bonds. The highest BCUT2D eigenvalue weighted by Crippen LogP contribution is 2.31. The molecule has 29 heavy (non-hydrogen) atoms. The van der Waals surface area contributed by atoms with Gasteiger partial charge in [0.2, 0.25) is 0 Å². The fourth-order valence-electron chi connectivity index (χ4n) is 4.42. The van der Waals surface area contributed by atoms with Crippen LogP contribution in [0.25, 0.3) is 11.3 Å². The van der Waals surface area contributed by atoms with E-state index in [4.69, 9.17) is 16.2 Å². The third-order valence-electron chi connectivity index (χ3n) is 6.13. The summed E-state index contributed by atoms with van der Waals surface area (Å²) in [6.07, 6.45) is 10.1. The molecule has 1 aromatic carbocycles. The number of hydrogen-bond acceptors (Lipinski definition) is 6. The van der Waals surface area contributed by atoms with Crippen molar-refractivity contribution in [3.8, 4) is 17.0 Å². The Morgan fingerprint density at radius 1 is 1.14 bits per heavy atom. The third-order valence-corrected chi connectivity index (χ3v) is 6.13. The lowest BCUT2D eigenvalue weighted by molar-refractivity contribution is 0.209. The number of hydrogen-bond donors (Lipinski definition) is 3.